The first-order valence-electron chi connectivity index (χ1n) is 7.48. The van der Waals surface area contributed by atoms with E-state index in [9.17, 15) is 0 Å². The van der Waals surface area contributed by atoms with E-state index in [0.29, 0.717) is 5.88 Å². The minimum Gasteiger partial charge on any atom is -0.478 e. The van der Waals surface area contributed by atoms with Crippen molar-refractivity contribution in [3.8, 4) is 5.88 Å². The maximum Gasteiger partial charge on any atom is 0.213 e. The van der Waals surface area contributed by atoms with Gasteiger partial charge < -0.3 is 4.74 Å². The summed E-state index contributed by atoms with van der Waals surface area (Å²) in [5, 5.41) is 0. The number of aryl methyl sites for hydroxylation is 1. The molecule has 0 fully saturated rings. The largest absolute Gasteiger partial charge is 0.478 e. The first kappa shape index (κ1) is 16.3. The minimum atomic E-state index is 0.520. The summed E-state index contributed by atoms with van der Waals surface area (Å²) < 4.78 is 5.75. The Morgan fingerprint density at radius 1 is 1.05 bits per heavy atom. The van der Waals surface area contributed by atoms with Gasteiger partial charge in [0, 0.05) is 17.6 Å². The molecule has 0 aromatic carbocycles. The molecule has 1 rings (SSSR count). The Bertz CT molecular complexity index is 355. The lowest BCUT2D eigenvalue weighted by molar-refractivity contribution is 0.292. The van der Waals surface area contributed by atoms with Crippen LogP contribution in [0.5, 0.6) is 5.88 Å². The van der Waals surface area contributed by atoms with Gasteiger partial charge >= 0.3 is 0 Å². The van der Waals surface area contributed by atoms with Gasteiger partial charge in [-0.25, -0.2) is 4.98 Å². The zero-order chi connectivity index (χ0) is 13.9. The lowest BCUT2D eigenvalue weighted by Gasteiger charge is -2.09. The zero-order valence-electron chi connectivity index (χ0n) is 12.3. The molecule has 0 atom stereocenters. The summed E-state index contributed by atoms with van der Waals surface area (Å²) in [6, 6.07) is 4.03. The molecule has 1 heterocycles. The van der Waals surface area contributed by atoms with E-state index >= 15 is 0 Å². The molecule has 0 amide bonds. The highest BCUT2D eigenvalue weighted by Gasteiger charge is 2.03. The van der Waals surface area contributed by atoms with E-state index in [1.165, 1.54) is 25.7 Å². The molecule has 0 radical (unpaired) electrons. The minimum absolute atomic E-state index is 0.520. The first-order valence-corrected chi connectivity index (χ1v) is 8.02. The average Bonchev–Trinajstić information content (AvgIpc) is 2.43. The highest BCUT2D eigenvalue weighted by molar-refractivity contribution is 6.17. The molecule has 2 nitrogen and oxygen atoms in total. The third-order valence-electron chi connectivity index (χ3n) is 3.07. The SMILES string of the molecule is CCCCCCCOc1cc(CCl)cc(CCC)n1. The van der Waals surface area contributed by atoms with Crippen molar-refractivity contribution in [2.75, 3.05) is 6.61 Å². The van der Waals surface area contributed by atoms with Gasteiger partial charge in [0.2, 0.25) is 5.88 Å². The normalized spacial score (nSPS) is 10.7. The van der Waals surface area contributed by atoms with Crippen LogP contribution in [0.4, 0.5) is 0 Å². The molecule has 0 spiro atoms. The number of hydrogen-bond acceptors (Lipinski definition) is 2. The summed E-state index contributed by atoms with van der Waals surface area (Å²) in [5.41, 5.74) is 2.18. The van der Waals surface area contributed by atoms with Gasteiger partial charge in [-0.2, -0.15) is 0 Å². The van der Waals surface area contributed by atoms with E-state index in [0.717, 1.165) is 43.0 Å². The summed E-state index contributed by atoms with van der Waals surface area (Å²) in [6.07, 6.45) is 8.32. The van der Waals surface area contributed by atoms with Crippen LogP contribution in [-0.2, 0) is 12.3 Å². The number of rotatable bonds is 10. The molecule has 108 valence electrons. The summed E-state index contributed by atoms with van der Waals surface area (Å²) in [6.45, 7) is 5.14. The number of unbranched alkanes of at least 4 members (excludes halogenated alkanes) is 4. The van der Waals surface area contributed by atoms with E-state index < -0.39 is 0 Å². The first-order chi connectivity index (χ1) is 9.30. The van der Waals surface area contributed by atoms with E-state index in [4.69, 9.17) is 16.3 Å². The lowest BCUT2D eigenvalue weighted by atomic mass is 10.2. The quantitative estimate of drug-likeness (QED) is 0.439. The predicted octanol–water partition coefficient (Wildman–Crippen LogP) is 5.12. The van der Waals surface area contributed by atoms with Crippen molar-refractivity contribution in [1.82, 2.24) is 4.98 Å². The number of aromatic nitrogens is 1. The van der Waals surface area contributed by atoms with E-state index in [1.807, 2.05) is 6.07 Å². The average molecular weight is 284 g/mol. The Hall–Kier alpha value is -0.760. The van der Waals surface area contributed by atoms with Gasteiger partial charge in [-0.1, -0.05) is 46.0 Å². The Morgan fingerprint density at radius 3 is 2.53 bits per heavy atom. The van der Waals surface area contributed by atoms with Crippen molar-refractivity contribution in [2.24, 2.45) is 0 Å². The Morgan fingerprint density at radius 2 is 1.84 bits per heavy atom. The summed E-state index contributed by atoms with van der Waals surface area (Å²) in [7, 11) is 0. The van der Waals surface area contributed by atoms with Crippen molar-refractivity contribution in [3.05, 3.63) is 23.4 Å². The molecule has 0 aliphatic carbocycles. The highest BCUT2D eigenvalue weighted by atomic mass is 35.5. The van der Waals surface area contributed by atoms with Crippen LogP contribution in [0.1, 0.15) is 63.6 Å². The third-order valence-corrected chi connectivity index (χ3v) is 3.38. The summed E-state index contributed by atoms with van der Waals surface area (Å²) >= 11 is 5.91. The van der Waals surface area contributed by atoms with Gasteiger partial charge in [-0.15, -0.1) is 11.6 Å². The second-order valence-electron chi connectivity index (χ2n) is 4.95. The molecule has 0 bridgehead atoms. The van der Waals surface area contributed by atoms with Gasteiger partial charge in [-0.3, -0.25) is 0 Å². The standard InChI is InChI=1S/C16H26ClNO/c1-3-5-6-7-8-10-19-16-12-14(13-17)11-15(18-16)9-4-2/h11-12H,3-10,13H2,1-2H3. The maximum atomic E-state index is 5.91. The lowest BCUT2D eigenvalue weighted by Crippen LogP contribution is -2.02. The van der Waals surface area contributed by atoms with Crippen LogP contribution in [0.15, 0.2) is 12.1 Å². The second-order valence-corrected chi connectivity index (χ2v) is 5.22. The monoisotopic (exact) mass is 283 g/mol. The number of ether oxygens (including phenoxy) is 1. The second kappa shape index (κ2) is 10.1. The smallest absolute Gasteiger partial charge is 0.213 e. The number of hydrogen-bond donors (Lipinski definition) is 0. The van der Waals surface area contributed by atoms with Crippen LogP contribution in [-0.4, -0.2) is 11.6 Å². The topological polar surface area (TPSA) is 22.1 Å². The molecule has 1 aromatic heterocycles. The molecule has 1 aromatic rings. The van der Waals surface area contributed by atoms with E-state index in [1.54, 1.807) is 0 Å². The van der Waals surface area contributed by atoms with Crippen molar-refractivity contribution >= 4 is 11.6 Å². The fourth-order valence-electron chi connectivity index (χ4n) is 2.04. The molecular weight excluding hydrogens is 258 g/mol. The van der Waals surface area contributed by atoms with E-state index in [2.05, 4.69) is 24.9 Å². The van der Waals surface area contributed by atoms with Crippen LogP contribution in [0.25, 0.3) is 0 Å². The number of halogens is 1. The molecule has 0 saturated carbocycles. The van der Waals surface area contributed by atoms with Crippen LogP contribution >= 0.6 is 11.6 Å². The summed E-state index contributed by atoms with van der Waals surface area (Å²) in [5.74, 6) is 1.25. The van der Waals surface area contributed by atoms with Crippen LogP contribution < -0.4 is 4.74 Å². The van der Waals surface area contributed by atoms with E-state index in [-0.39, 0.29) is 0 Å². The van der Waals surface area contributed by atoms with Gasteiger partial charge in [-0.05, 0) is 24.5 Å². The fraction of sp³-hybridized carbons (Fsp3) is 0.688. The number of pyridine rings is 1. The van der Waals surface area contributed by atoms with Gasteiger partial charge in [0.25, 0.3) is 0 Å². The summed E-state index contributed by atoms with van der Waals surface area (Å²) in [4.78, 5) is 4.52. The Kier molecular flexibility index (Phi) is 8.64. The highest BCUT2D eigenvalue weighted by Crippen LogP contribution is 2.16. The van der Waals surface area contributed by atoms with Crippen molar-refractivity contribution < 1.29 is 4.74 Å². The Labute approximate surface area is 122 Å². The molecule has 0 saturated heterocycles. The molecular formula is C16H26ClNO. The Balaban J connectivity index is 2.41. The predicted molar refractivity (Wildman–Crippen MR) is 82.0 cm³/mol. The zero-order valence-corrected chi connectivity index (χ0v) is 13.0. The van der Waals surface area contributed by atoms with Gasteiger partial charge in [0.1, 0.15) is 0 Å². The molecule has 0 aliphatic heterocycles. The van der Waals surface area contributed by atoms with Gasteiger partial charge in [0.05, 0.1) is 6.61 Å². The fourth-order valence-corrected chi connectivity index (χ4v) is 2.19. The molecule has 0 aliphatic rings. The molecule has 19 heavy (non-hydrogen) atoms. The molecule has 3 heteroatoms. The maximum absolute atomic E-state index is 5.91. The van der Waals surface area contributed by atoms with Crippen molar-refractivity contribution in [2.45, 2.75) is 64.7 Å². The van der Waals surface area contributed by atoms with Crippen LogP contribution in [0.3, 0.4) is 0 Å². The van der Waals surface area contributed by atoms with Crippen LogP contribution in [0.2, 0.25) is 0 Å². The van der Waals surface area contributed by atoms with Crippen molar-refractivity contribution in [1.29, 1.82) is 0 Å². The molecule has 0 N–H and O–H groups in total. The third kappa shape index (κ3) is 6.81. The number of nitrogens with zero attached hydrogens (tertiary/aromatic N) is 1. The van der Waals surface area contributed by atoms with Crippen molar-refractivity contribution in [3.63, 3.8) is 0 Å². The molecule has 0 unspecified atom stereocenters. The van der Waals surface area contributed by atoms with Gasteiger partial charge in [0.15, 0.2) is 0 Å². The van der Waals surface area contributed by atoms with Crippen LogP contribution in [0, 0.1) is 0 Å². The number of alkyl halides is 1.